The lowest BCUT2D eigenvalue weighted by atomic mass is 9.93. The number of rotatable bonds is 5. The molecule has 1 aromatic heterocycles. The third kappa shape index (κ3) is 3.53. The Morgan fingerprint density at radius 3 is 2.67 bits per heavy atom. The fourth-order valence-corrected chi connectivity index (χ4v) is 2.67. The van der Waals surface area contributed by atoms with Gasteiger partial charge in [-0.05, 0) is 49.2 Å². The van der Waals surface area contributed by atoms with Gasteiger partial charge < -0.3 is 10.4 Å². The van der Waals surface area contributed by atoms with Crippen molar-refractivity contribution in [2.24, 2.45) is 0 Å². The summed E-state index contributed by atoms with van der Waals surface area (Å²) in [6.07, 6.45) is 0.574. The summed E-state index contributed by atoms with van der Waals surface area (Å²) in [6, 6.07) is 21.1. The van der Waals surface area contributed by atoms with Crippen LogP contribution in [-0.2, 0) is 5.60 Å². The molecule has 2 aromatic carbocycles. The van der Waals surface area contributed by atoms with Gasteiger partial charge in [0.05, 0.1) is 22.8 Å². The SMILES string of the molecule is CC(O)(CCNc1ccc2cc(C#N)ccc2n1)c1ccccc1. The molecule has 0 aliphatic carbocycles. The number of aromatic nitrogens is 1. The number of nitrogens with zero attached hydrogens (tertiary/aromatic N) is 2. The average molecular weight is 317 g/mol. The molecule has 2 N–H and O–H groups in total. The van der Waals surface area contributed by atoms with E-state index in [2.05, 4.69) is 16.4 Å². The molecule has 3 rings (SSSR count). The van der Waals surface area contributed by atoms with Crippen LogP contribution >= 0.6 is 0 Å². The maximum atomic E-state index is 10.6. The first-order valence-corrected chi connectivity index (χ1v) is 7.91. The first-order chi connectivity index (χ1) is 11.6. The maximum absolute atomic E-state index is 10.6. The Bertz CT molecular complexity index is 882. The Hall–Kier alpha value is -2.90. The summed E-state index contributed by atoms with van der Waals surface area (Å²) < 4.78 is 0. The molecule has 0 amide bonds. The minimum absolute atomic E-state index is 0.574. The second-order valence-corrected chi connectivity index (χ2v) is 6.03. The van der Waals surface area contributed by atoms with Gasteiger partial charge in [-0.25, -0.2) is 4.98 Å². The Balaban J connectivity index is 1.67. The number of nitriles is 1. The number of pyridine rings is 1. The van der Waals surface area contributed by atoms with E-state index < -0.39 is 5.60 Å². The van der Waals surface area contributed by atoms with Gasteiger partial charge in [0.25, 0.3) is 0 Å². The molecule has 0 bridgehead atoms. The standard InChI is InChI=1S/C20H19N3O/c1-20(24,17-5-3-2-4-6-17)11-12-22-19-10-8-16-13-15(14-21)7-9-18(16)23-19/h2-10,13,24H,11-12H2,1H3,(H,22,23). The van der Waals surface area contributed by atoms with Crippen molar-refractivity contribution in [1.29, 1.82) is 5.26 Å². The van der Waals surface area contributed by atoms with Crippen LogP contribution in [0.2, 0.25) is 0 Å². The van der Waals surface area contributed by atoms with E-state index in [0.717, 1.165) is 22.3 Å². The van der Waals surface area contributed by atoms with Crippen molar-refractivity contribution in [2.45, 2.75) is 18.9 Å². The molecular weight excluding hydrogens is 298 g/mol. The molecule has 0 aliphatic rings. The van der Waals surface area contributed by atoms with Crippen molar-refractivity contribution >= 4 is 16.7 Å². The van der Waals surface area contributed by atoms with Crippen LogP contribution < -0.4 is 5.32 Å². The van der Waals surface area contributed by atoms with Crippen LogP contribution in [0, 0.1) is 11.3 Å². The van der Waals surface area contributed by atoms with Crippen LogP contribution in [-0.4, -0.2) is 16.6 Å². The van der Waals surface area contributed by atoms with E-state index >= 15 is 0 Å². The van der Waals surface area contributed by atoms with Gasteiger partial charge in [0.15, 0.2) is 0 Å². The van der Waals surface area contributed by atoms with Crippen LogP contribution in [0.3, 0.4) is 0 Å². The number of hydrogen-bond acceptors (Lipinski definition) is 4. The predicted octanol–water partition coefficient (Wildman–Crippen LogP) is 3.82. The lowest BCUT2D eigenvalue weighted by Crippen LogP contribution is -2.24. The number of anilines is 1. The van der Waals surface area contributed by atoms with E-state index in [1.54, 1.807) is 6.07 Å². The van der Waals surface area contributed by atoms with Gasteiger partial charge in [0.1, 0.15) is 5.82 Å². The van der Waals surface area contributed by atoms with Crippen molar-refractivity contribution in [3.63, 3.8) is 0 Å². The summed E-state index contributed by atoms with van der Waals surface area (Å²) >= 11 is 0. The Morgan fingerprint density at radius 2 is 1.92 bits per heavy atom. The van der Waals surface area contributed by atoms with Crippen molar-refractivity contribution in [2.75, 3.05) is 11.9 Å². The number of nitrogens with one attached hydrogen (secondary N) is 1. The third-order valence-electron chi connectivity index (χ3n) is 4.13. The van der Waals surface area contributed by atoms with Crippen LogP contribution in [0.1, 0.15) is 24.5 Å². The minimum atomic E-state index is -0.882. The van der Waals surface area contributed by atoms with E-state index in [9.17, 15) is 5.11 Å². The first-order valence-electron chi connectivity index (χ1n) is 7.91. The highest BCUT2D eigenvalue weighted by Gasteiger charge is 2.21. The normalized spacial score (nSPS) is 13.2. The second-order valence-electron chi connectivity index (χ2n) is 6.03. The van der Waals surface area contributed by atoms with E-state index in [-0.39, 0.29) is 0 Å². The molecule has 4 heteroatoms. The molecule has 0 spiro atoms. The molecule has 0 saturated carbocycles. The molecule has 3 aromatic rings. The molecule has 0 aliphatic heterocycles. The number of aliphatic hydroxyl groups is 1. The fourth-order valence-electron chi connectivity index (χ4n) is 2.67. The highest BCUT2D eigenvalue weighted by atomic mass is 16.3. The summed E-state index contributed by atoms with van der Waals surface area (Å²) in [5.41, 5.74) is 1.49. The number of fused-ring (bicyclic) bond motifs is 1. The number of benzene rings is 2. The quantitative estimate of drug-likeness (QED) is 0.750. The molecular formula is C20H19N3O. The van der Waals surface area contributed by atoms with Crippen molar-refractivity contribution in [3.8, 4) is 6.07 Å². The Labute approximate surface area is 141 Å². The zero-order chi connectivity index (χ0) is 17.0. The van der Waals surface area contributed by atoms with Gasteiger partial charge in [-0.2, -0.15) is 5.26 Å². The van der Waals surface area contributed by atoms with E-state index in [1.165, 1.54) is 0 Å². The predicted molar refractivity (Wildman–Crippen MR) is 95.6 cm³/mol. The average Bonchev–Trinajstić information content (AvgIpc) is 2.62. The zero-order valence-corrected chi connectivity index (χ0v) is 13.5. The lowest BCUT2D eigenvalue weighted by molar-refractivity contribution is 0.0515. The second kappa shape index (κ2) is 6.69. The zero-order valence-electron chi connectivity index (χ0n) is 13.5. The van der Waals surface area contributed by atoms with Gasteiger partial charge in [0, 0.05) is 11.9 Å². The van der Waals surface area contributed by atoms with Crippen molar-refractivity contribution < 1.29 is 5.11 Å². The monoisotopic (exact) mass is 317 g/mol. The molecule has 4 nitrogen and oxygen atoms in total. The minimum Gasteiger partial charge on any atom is -0.385 e. The van der Waals surface area contributed by atoms with Gasteiger partial charge in [-0.3, -0.25) is 0 Å². The molecule has 24 heavy (non-hydrogen) atoms. The maximum Gasteiger partial charge on any atom is 0.126 e. The largest absolute Gasteiger partial charge is 0.385 e. The van der Waals surface area contributed by atoms with E-state index in [1.807, 2.05) is 61.5 Å². The summed E-state index contributed by atoms with van der Waals surface area (Å²) in [5.74, 6) is 0.760. The van der Waals surface area contributed by atoms with Crippen molar-refractivity contribution in [3.05, 3.63) is 71.8 Å². The Morgan fingerprint density at radius 1 is 1.12 bits per heavy atom. The summed E-state index contributed by atoms with van der Waals surface area (Å²) in [7, 11) is 0. The molecule has 1 unspecified atom stereocenters. The molecule has 1 heterocycles. The van der Waals surface area contributed by atoms with Crippen LogP contribution in [0.4, 0.5) is 5.82 Å². The van der Waals surface area contributed by atoms with Gasteiger partial charge in [-0.15, -0.1) is 0 Å². The molecule has 120 valence electrons. The lowest BCUT2D eigenvalue weighted by Gasteiger charge is -2.24. The van der Waals surface area contributed by atoms with E-state index in [4.69, 9.17) is 5.26 Å². The van der Waals surface area contributed by atoms with Crippen LogP contribution in [0.5, 0.6) is 0 Å². The first kappa shape index (κ1) is 16.0. The molecule has 1 atom stereocenters. The van der Waals surface area contributed by atoms with Crippen LogP contribution in [0.15, 0.2) is 60.7 Å². The van der Waals surface area contributed by atoms with E-state index in [0.29, 0.717) is 18.5 Å². The highest BCUT2D eigenvalue weighted by molar-refractivity contribution is 5.81. The van der Waals surface area contributed by atoms with Crippen molar-refractivity contribution in [1.82, 2.24) is 4.98 Å². The fraction of sp³-hybridized carbons (Fsp3) is 0.200. The molecule has 0 radical (unpaired) electrons. The Kier molecular flexibility index (Phi) is 4.45. The summed E-state index contributed by atoms with van der Waals surface area (Å²) in [6.45, 7) is 2.43. The van der Waals surface area contributed by atoms with Crippen LogP contribution in [0.25, 0.3) is 10.9 Å². The summed E-state index contributed by atoms with van der Waals surface area (Å²) in [4.78, 5) is 4.54. The van der Waals surface area contributed by atoms with Gasteiger partial charge >= 0.3 is 0 Å². The summed E-state index contributed by atoms with van der Waals surface area (Å²) in [5, 5.41) is 23.7. The number of hydrogen-bond donors (Lipinski definition) is 2. The third-order valence-corrected chi connectivity index (χ3v) is 4.13. The van der Waals surface area contributed by atoms with Gasteiger partial charge in [-0.1, -0.05) is 30.3 Å². The van der Waals surface area contributed by atoms with Gasteiger partial charge in [0.2, 0.25) is 0 Å². The topological polar surface area (TPSA) is 68.9 Å². The molecule has 0 fully saturated rings. The highest BCUT2D eigenvalue weighted by Crippen LogP contribution is 2.24. The smallest absolute Gasteiger partial charge is 0.126 e. The molecule has 0 saturated heterocycles.